The van der Waals surface area contributed by atoms with Crippen LogP contribution in [0.3, 0.4) is 0 Å². The number of carbonyl (C=O) groups is 1. The smallest absolute Gasteiger partial charge is 0.315 e. The average Bonchev–Trinajstić information content (AvgIpc) is 2.91. The van der Waals surface area contributed by atoms with E-state index in [2.05, 4.69) is 15.6 Å². The minimum atomic E-state index is -0.464. The molecule has 1 rings (SSSR count). The summed E-state index contributed by atoms with van der Waals surface area (Å²) in [4.78, 5) is 18.2. The Morgan fingerprint density at radius 3 is 2.55 bits per heavy atom. The van der Waals surface area contributed by atoms with E-state index < -0.39 is 6.10 Å². The van der Waals surface area contributed by atoms with Crippen LogP contribution in [0.4, 0.5) is 9.93 Å². The van der Waals surface area contributed by atoms with Gasteiger partial charge < -0.3 is 20.6 Å². The van der Waals surface area contributed by atoms with Gasteiger partial charge in [0.15, 0.2) is 5.13 Å². The summed E-state index contributed by atoms with van der Waals surface area (Å²) in [6.07, 6.45) is -0.464. The summed E-state index contributed by atoms with van der Waals surface area (Å²) < 4.78 is 0. The minimum Gasteiger partial charge on any atom is -0.392 e. The summed E-state index contributed by atoms with van der Waals surface area (Å²) in [5.41, 5.74) is 0.467. The first-order valence-corrected chi connectivity index (χ1v) is 8.33. The number of rotatable bonds is 7. The Bertz CT molecular complexity index is 486. The number of hydrogen-bond acceptors (Lipinski definition) is 5. The molecule has 126 valence electrons. The number of thiazole rings is 1. The average molecular weight is 328 g/mol. The third-order valence-electron chi connectivity index (χ3n) is 3.49. The standard InChI is InChI=1S/C15H28N4O2S/c1-10(2)12(20)15(3,4)9-17-13(21)16-7-11-8-22-14(18-11)19(5)6/h8,10,12,20H,7,9H2,1-6H3,(H2,16,17,21)/t12-/m1/s1. The Morgan fingerprint density at radius 2 is 2.05 bits per heavy atom. The summed E-state index contributed by atoms with van der Waals surface area (Å²) in [6, 6.07) is -0.247. The van der Waals surface area contributed by atoms with Crippen LogP contribution in [0.25, 0.3) is 0 Å². The number of amides is 2. The van der Waals surface area contributed by atoms with E-state index in [-0.39, 0.29) is 17.4 Å². The maximum absolute atomic E-state index is 11.9. The number of nitrogens with zero attached hydrogens (tertiary/aromatic N) is 2. The predicted molar refractivity (Wildman–Crippen MR) is 91.3 cm³/mol. The molecule has 7 heteroatoms. The topological polar surface area (TPSA) is 77.5 Å². The van der Waals surface area contributed by atoms with Crippen LogP contribution in [0, 0.1) is 11.3 Å². The molecule has 0 aliphatic carbocycles. The molecule has 1 aromatic rings. The molecule has 1 aromatic heterocycles. The molecule has 0 radical (unpaired) electrons. The van der Waals surface area contributed by atoms with E-state index in [0.717, 1.165) is 10.8 Å². The van der Waals surface area contributed by atoms with Gasteiger partial charge in [-0.1, -0.05) is 27.7 Å². The fourth-order valence-corrected chi connectivity index (χ4v) is 2.89. The zero-order valence-electron chi connectivity index (χ0n) is 14.3. The molecule has 0 bridgehead atoms. The first-order chi connectivity index (χ1) is 10.1. The van der Waals surface area contributed by atoms with E-state index in [1.807, 2.05) is 52.1 Å². The Morgan fingerprint density at radius 1 is 1.41 bits per heavy atom. The quantitative estimate of drug-likeness (QED) is 0.716. The van der Waals surface area contributed by atoms with Gasteiger partial charge in [0.05, 0.1) is 18.3 Å². The van der Waals surface area contributed by atoms with Gasteiger partial charge in [-0.05, 0) is 5.92 Å². The molecule has 22 heavy (non-hydrogen) atoms. The highest BCUT2D eigenvalue weighted by Gasteiger charge is 2.30. The highest BCUT2D eigenvalue weighted by molar-refractivity contribution is 7.13. The van der Waals surface area contributed by atoms with Crippen molar-refractivity contribution in [2.24, 2.45) is 11.3 Å². The third-order valence-corrected chi connectivity index (χ3v) is 4.55. The van der Waals surface area contributed by atoms with Crippen molar-refractivity contribution in [1.82, 2.24) is 15.6 Å². The molecule has 0 aliphatic heterocycles. The lowest BCUT2D eigenvalue weighted by atomic mass is 9.81. The van der Waals surface area contributed by atoms with Crippen LogP contribution in [0.2, 0.25) is 0 Å². The molecule has 6 nitrogen and oxygen atoms in total. The van der Waals surface area contributed by atoms with Crippen molar-refractivity contribution >= 4 is 22.5 Å². The molecule has 0 aromatic carbocycles. The number of aliphatic hydroxyl groups excluding tert-OH is 1. The van der Waals surface area contributed by atoms with Crippen LogP contribution in [-0.4, -0.2) is 42.9 Å². The van der Waals surface area contributed by atoms with Gasteiger partial charge in [-0.3, -0.25) is 0 Å². The number of hydrogen-bond donors (Lipinski definition) is 3. The van der Waals surface area contributed by atoms with Crippen LogP contribution in [0.5, 0.6) is 0 Å². The van der Waals surface area contributed by atoms with Crippen LogP contribution in [-0.2, 0) is 6.54 Å². The van der Waals surface area contributed by atoms with Crippen LogP contribution in [0.1, 0.15) is 33.4 Å². The summed E-state index contributed by atoms with van der Waals surface area (Å²) in [7, 11) is 3.87. The van der Waals surface area contributed by atoms with Gasteiger partial charge in [0.2, 0.25) is 0 Å². The van der Waals surface area contributed by atoms with Crippen LogP contribution in [0.15, 0.2) is 5.38 Å². The first kappa shape index (κ1) is 18.7. The summed E-state index contributed by atoms with van der Waals surface area (Å²) in [6.45, 7) is 8.64. The van der Waals surface area contributed by atoms with Gasteiger partial charge in [0.25, 0.3) is 0 Å². The van der Waals surface area contributed by atoms with Crippen LogP contribution >= 0.6 is 11.3 Å². The molecule has 0 saturated heterocycles. The SMILES string of the molecule is CC(C)[C@@H](O)C(C)(C)CNC(=O)NCc1csc(N(C)C)n1. The number of nitrogens with one attached hydrogen (secondary N) is 2. The number of aromatic nitrogens is 1. The molecular formula is C15H28N4O2S. The summed E-state index contributed by atoms with van der Waals surface area (Å²) in [5.74, 6) is 0.152. The fourth-order valence-electron chi connectivity index (χ4n) is 2.13. The zero-order chi connectivity index (χ0) is 16.9. The summed E-state index contributed by atoms with van der Waals surface area (Å²) >= 11 is 1.54. The molecule has 0 spiro atoms. The van der Waals surface area contributed by atoms with Gasteiger partial charge >= 0.3 is 6.03 Å². The zero-order valence-corrected chi connectivity index (χ0v) is 15.1. The number of urea groups is 1. The maximum atomic E-state index is 11.9. The molecule has 0 fully saturated rings. The second-order valence-electron chi connectivity index (χ2n) is 6.73. The highest BCUT2D eigenvalue weighted by atomic mass is 32.1. The Balaban J connectivity index is 2.40. The monoisotopic (exact) mass is 328 g/mol. The lowest BCUT2D eigenvalue weighted by Gasteiger charge is -2.33. The van der Waals surface area contributed by atoms with Crippen molar-refractivity contribution in [1.29, 1.82) is 0 Å². The molecule has 0 unspecified atom stereocenters. The van der Waals surface area contributed by atoms with Crippen molar-refractivity contribution < 1.29 is 9.90 Å². The first-order valence-electron chi connectivity index (χ1n) is 7.45. The van der Waals surface area contributed by atoms with E-state index in [9.17, 15) is 9.90 Å². The molecule has 2 amide bonds. The molecule has 3 N–H and O–H groups in total. The molecular weight excluding hydrogens is 300 g/mol. The van der Waals surface area contributed by atoms with Crippen molar-refractivity contribution in [3.05, 3.63) is 11.1 Å². The second kappa shape index (κ2) is 7.78. The van der Waals surface area contributed by atoms with Gasteiger partial charge in [0.1, 0.15) is 0 Å². The van der Waals surface area contributed by atoms with E-state index >= 15 is 0 Å². The second-order valence-corrected chi connectivity index (χ2v) is 7.57. The van der Waals surface area contributed by atoms with Gasteiger partial charge in [0, 0.05) is 31.4 Å². The Kier molecular flexibility index (Phi) is 6.62. The van der Waals surface area contributed by atoms with Crippen molar-refractivity contribution in [3.63, 3.8) is 0 Å². The Labute approximate surface area is 136 Å². The van der Waals surface area contributed by atoms with Gasteiger partial charge in [-0.15, -0.1) is 11.3 Å². The van der Waals surface area contributed by atoms with Gasteiger partial charge in [-0.25, -0.2) is 9.78 Å². The van der Waals surface area contributed by atoms with E-state index in [0.29, 0.717) is 13.1 Å². The van der Waals surface area contributed by atoms with E-state index in [1.54, 1.807) is 11.3 Å². The molecule has 1 atom stereocenters. The number of anilines is 1. The summed E-state index contributed by atoms with van der Waals surface area (Å²) in [5, 5.41) is 18.6. The van der Waals surface area contributed by atoms with E-state index in [1.165, 1.54) is 0 Å². The van der Waals surface area contributed by atoms with Gasteiger partial charge in [-0.2, -0.15) is 0 Å². The molecule has 0 saturated carbocycles. The number of aliphatic hydroxyl groups is 1. The van der Waals surface area contributed by atoms with Crippen molar-refractivity contribution in [3.8, 4) is 0 Å². The number of carbonyl (C=O) groups excluding carboxylic acids is 1. The predicted octanol–water partition coefficient (Wildman–Crippen LogP) is 2.05. The lowest BCUT2D eigenvalue weighted by molar-refractivity contribution is 0.0151. The lowest BCUT2D eigenvalue weighted by Crippen LogP contribution is -2.46. The largest absolute Gasteiger partial charge is 0.392 e. The highest BCUT2D eigenvalue weighted by Crippen LogP contribution is 2.25. The normalized spacial score (nSPS) is 13.1. The van der Waals surface area contributed by atoms with E-state index in [4.69, 9.17) is 0 Å². The fraction of sp³-hybridized carbons (Fsp3) is 0.733. The van der Waals surface area contributed by atoms with Crippen molar-refractivity contribution in [2.45, 2.75) is 40.3 Å². The Hall–Kier alpha value is -1.34. The molecule has 0 aliphatic rings. The van der Waals surface area contributed by atoms with Crippen LogP contribution < -0.4 is 15.5 Å². The minimum absolute atomic E-state index is 0.152. The molecule has 1 heterocycles. The maximum Gasteiger partial charge on any atom is 0.315 e. The third kappa shape index (κ3) is 5.46. The van der Waals surface area contributed by atoms with Crippen molar-refractivity contribution in [2.75, 3.05) is 25.5 Å².